The molecule has 1 aliphatic rings. The fourth-order valence-electron chi connectivity index (χ4n) is 3.39. The number of benzene rings is 1. The number of methoxy groups -OCH3 is 2. The van der Waals surface area contributed by atoms with Gasteiger partial charge in [0.2, 0.25) is 0 Å². The lowest BCUT2D eigenvalue weighted by atomic mass is 9.76. The Morgan fingerprint density at radius 3 is 2.32 bits per heavy atom. The summed E-state index contributed by atoms with van der Waals surface area (Å²) < 4.78 is 11.0. The summed E-state index contributed by atoms with van der Waals surface area (Å²) in [7, 11) is 3.43. The van der Waals surface area contributed by atoms with E-state index in [-0.39, 0.29) is 5.41 Å². The van der Waals surface area contributed by atoms with Gasteiger partial charge in [-0.1, -0.05) is 19.8 Å². The molecule has 2 rings (SSSR count). The summed E-state index contributed by atoms with van der Waals surface area (Å²) in [5.41, 5.74) is 8.87. The summed E-state index contributed by atoms with van der Waals surface area (Å²) in [4.78, 5) is 0. The molecule has 0 radical (unpaired) electrons. The van der Waals surface area contributed by atoms with Gasteiger partial charge in [-0.2, -0.15) is 0 Å². The molecule has 0 aliphatic heterocycles. The van der Waals surface area contributed by atoms with Crippen LogP contribution in [0.2, 0.25) is 0 Å². The first kappa shape index (κ1) is 14.2. The Bertz CT molecular complexity index is 437. The van der Waals surface area contributed by atoms with E-state index < -0.39 is 0 Å². The number of nitrogens with two attached hydrogens (primary N) is 1. The molecule has 0 unspecified atom stereocenters. The van der Waals surface area contributed by atoms with Gasteiger partial charge in [-0.15, -0.1) is 0 Å². The molecular formula is C16H25NO2. The van der Waals surface area contributed by atoms with Crippen LogP contribution in [0.25, 0.3) is 0 Å². The average molecular weight is 263 g/mol. The van der Waals surface area contributed by atoms with Gasteiger partial charge >= 0.3 is 0 Å². The Labute approximate surface area is 116 Å². The predicted molar refractivity (Wildman–Crippen MR) is 78.1 cm³/mol. The van der Waals surface area contributed by atoms with Crippen LogP contribution in [0.15, 0.2) is 12.1 Å². The third-order valence-corrected chi connectivity index (χ3v) is 4.51. The van der Waals surface area contributed by atoms with E-state index in [9.17, 15) is 0 Å². The zero-order valence-electron chi connectivity index (χ0n) is 12.3. The highest BCUT2D eigenvalue weighted by Crippen LogP contribution is 2.45. The zero-order chi connectivity index (χ0) is 13.9. The van der Waals surface area contributed by atoms with Crippen molar-refractivity contribution in [2.75, 3.05) is 20.8 Å². The summed E-state index contributed by atoms with van der Waals surface area (Å²) in [6.07, 6.45) is 5.84. The van der Waals surface area contributed by atoms with E-state index in [1.54, 1.807) is 14.2 Å². The Hall–Kier alpha value is -1.22. The zero-order valence-corrected chi connectivity index (χ0v) is 12.3. The first-order valence-corrected chi connectivity index (χ1v) is 7.16. The molecule has 1 saturated carbocycles. The molecule has 2 N–H and O–H groups in total. The van der Waals surface area contributed by atoms with Gasteiger partial charge in [-0.05, 0) is 36.5 Å². The maximum Gasteiger partial charge on any atom is 0.126 e. The number of hydrogen-bond acceptors (Lipinski definition) is 3. The molecule has 0 aromatic heterocycles. The summed E-state index contributed by atoms with van der Waals surface area (Å²) in [5.74, 6) is 1.79. The van der Waals surface area contributed by atoms with Crippen molar-refractivity contribution < 1.29 is 9.47 Å². The molecule has 1 aromatic rings. The summed E-state index contributed by atoms with van der Waals surface area (Å²) >= 11 is 0. The van der Waals surface area contributed by atoms with Gasteiger partial charge < -0.3 is 15.2 Å². The molecular weight excluding hydrogens is 238 g/mol. The van der Waals surface area contributed by atoms with Crippen LogP contribution in [-0.2, 0) is 11.8 Å². The van der Waals surface area contributed by atoms with Crippen LogP contribution >= 0.6 is 0 Å². The smallest absolute Gasteiger partial charge is 0.126 e. The van der Waals surface area contributed by atoms with E-state index in [2.05, 4.69) is 13.0 Å². The molecule has 3 heteroatoms. The quantitative estimate of drug-likeness (QED) is 0.888. The Kier molecular flexibility index (Phi) is 4.35. The maximum absolute atomic E-state index is 6.13. The van der Waals surface area contributed by atoms with E-state index in [1.165, 1.54) is 36.8 Å². The van der Waals surface area contributed by atoms with Gasteiger partial charge in [0.1, 0.15) is 11.5 Å². The van der Waals surface area contributed by atoms with Crippen molar-refractivity contribution in [2.24, 2.45) is 5.73 Å². The second-order valence-electron chi connectivity index (χ2n) is 5.40. The molecule has 0 saturated heterocycles. The van der Waals surface area contributed by atoms with Gasteiger partial charge in [0.15, 0.2) is 0 Å². The highest BCUT2D eigenvalue weighted by molar-refractivity contribution is 5.50. The Balaban J connectivity index is 2.59. The van der Waals surface area contributed by atoms with Crippen LogP contribution in [0.1, 0.15) is 43.7 Å². The van der Waals surface area contributed by atoms with Crippen LogP contribution < -0.4 is 15.2 Å². The summed E-state index contributed by atoms with van der Waals surface area (Å²) in [5, 5.41) is 0. The van der Waals surface area contributed by atoms with Crippen LogP contribution in [0, 0.1) is 0 Å². The van der Waals surface area contributed by atoms with E-state index in [4.69, 9.17) is 15.2 Å². The van der Waals surface area contributed by atoms with Gasteiger partial charge in [-0.25, -0.2) is 0 Å². The van der Waals surface area contributed by atoms with Crippen molar-refractivity contribution in [3.63, 3.8) is 0 Å². The number of rotatable bonds is 5. The van der Waals surface area contributed by atoms with Crippen LogP contribution in [0.4, 0.5) is 0 Å². The third-order valence-electron chi connectivity index (χ3n) is 4.51. The van der Waals surface area contributed by atoms with Crippen molar-refractivity contribution in [1.82, 2.24) is 0 Å². The van der Waals surface area contributed by atoms with Crippen molar-refractivity contribution in [1.29, 1.82) is 0 Å². The molecule has 0 bridgehead atoms. The Morgan fingerprint density at radius 2 is 1.84 bits per heavy atom. The van der Waals surface area contributed by atoms with Crippen LogP contribution in [-0.4, -0.2) is 20.8 Å². The normalized spacial score (nSPS) is 17.5. The summed E-state index contributed by atoms with van der Waals surface area (Å²) in [6, 6.07) is 4.14. The fraction of sp³-hybridized carbons (Fsp3) is 0.625. The molecule has 1 aromatic carbocycles. The van der Waals surface area contributed by atoms with Crippen molar-refractivity contribution >= 4 is 0 Å². The first-order chi connectivity index (χ1) is 9.20. The van der Waals surface area contributed by atoms with Gasteiger partial charge in [-0.3, -0.25) is 0 Å². The topological polar surface area (TPSA) is 44.5 Å². The lowest BCUT2D eigenvalue weighted by Gasteiger charge is -2.31. The second-order valence-corrected chi connectivity index (χ2v) is 5.40. The average Bonchev–Trinajstić information content (AvgIpc) is 2.95. The SMILES string of the molecule is CCc1c(OC)cc(OC)cc1C1(CN)CCCC1. The van der Waals surface area contributed by atoms with Crippen molar-refractivity contribution in [3.05, 3.63) is 23.3 Å². The largest absolute Gasteiger partial charge is 0.497 e. The second kappa shape index (κ2) is 5.83. The predicted octanol–water partition coefficient (Wildman–Crippen LogP) is 3.04. The van der Waals surface area contributed by atoms with Crippen molar-refractivity contribution in [2.45, 2.75) is 44.4 Å². The maximum atomic E-state index is 6.13. The lowest BCUT2D eigenvalue weighted by molar-refractivity contribution is 0.381. The number of hydrogen-bond donors (Lipinski definition) is 1. The molecule has 19 heavy (non-hydrogen) atoms. The number of ether oxygens (including phenoxy) is 2. The van der Waals surface area contributed by atoms with E-state index >= 15 is 0 Å². The molecule has 0 atom stereocenters. The minimum absolute atomic E-state index is 0.118. The molecule has 1 aliphatic carbocycles. The molecule has 3 nitrogen and oxygen atoms in total. The standard InChI is InChI=1S/C16H25NO2/c1-4-13-14(16(11-17)7-5-6-8-16)9-12(18-2)10-15(13)19-3/h9-10H,4-8,11,17H2,1-3H3. The molecule has 0 spiro atoms. The minimum atomic E-state index is 0.118. The fourth-order valence-corrected chi connectivity index (χ4v) is 3.39. The highest BCUT2D eigenvalue weighted by Gasteiger charge is 2.36. The van der Waals surface area contributed by atoms with E-state index in [0.717, 1.165) is 17.9 Å². The molecule has 1 fully saturated rings. The van der Waals surface area contributed by atoms with E-state index in [0.29, 0.717) is 6.54 Å². The molecule has 0 heterocycles. The Morgan fingerprint density at radius 1 is 1.16 bits per heavy atom. The molecule has 106 valence electrons. The summed E-state index contributed by atoms with van der Waals surface area (Å²) in [6.45, 7) is 2.88. The van der Waals surface area contributed by atoms with Crippen LogP contribution in [0.5, 0.6) is 11.5 Å². The van der Waals surface area contributed by atoms with Crippen molar-refractivity contribution in [3.8, 4) is 11.5 Å². The third kappa shape index (κ3) is 2.44. The minimum Gasteiger partial charge on any atom is -0.497 e. The first-order valence-electron chi connectivity index (χ1n) is 7.16. The van der Waals surface area contributed by atoms with Gasteiger partial charge in [0.25, 0.3) is 0 Å². The van der Waals surface area contributed by atoms with Crippen LogP contribution in [0.3, 0.4) is 0 Å². The van der Waals surface area contributed by atoms with Gasteiger partial charge in [0, 0.05) is 18.0 Å². The monoisotopic (exact) mass is 263 g/mol. The molecule has 0 amide bonds. The lowest BCUT2D eigenvalue weighted by Crippen LogP contribution is -2.33. The van der Waals surface area contributed by atoms with E-state index in [1.807, 2.05) is 6.07 Å². The van der Waals surface area contributed by atoms with Gasteiger partial charge in [0.05, 0.1) is 14.2 Å². The highest BCUT2D eigenvalue weighted by atomic mass is 16.5.